The van der Waals surface area contributed by atoms with Gasteiger partial charge in [-0.25, -0.2) is 15.0 Å². The Morgan fingerprint density at radius 3 is 2.86 bits per heavy atom. The summed E-state index contributed by atoms with van der Waals surface area (Å²) in [5, 5.41) is 10.1. The highest BCUT2D eigenvalue weighted by Crippen LogP contribution is 2.23. The van der Waals surface area contributed by atoms with Gasteiger partial charge in [0, 0.05) is 55.7 Å². The number of hydrogen-bond donors (Lipinski definition) is 1. The number of carbonyl (C=O) groups is 1. The second-order valence-corrected chi connectivity index (χ2v) is 7.94. The molecule has 0 unspecified atom stereocenters. The minimum absolute atomic E-state index is 0.0571. The van der Waals surface area contributed by atoms with E-state index in [4.69, 9.17) is 0 Å². The van der Waals surface area contributed by atoms with Gasteiger partial charge >= 0.3 is 0 Å². The fraction of sp³-hybridized carbons (Fsp3) is 0.350. The van der Waals surface area contributed by atoms with Gasteiger partial charge in [0.15, 0.2) is 5.13 Å². The number of anilines is 2. The molecule has 1 N–H and O–H groups in total. The van der Waals surface area contributed by atoms with Gasteiger partial charge in [-0.1, -0.05) is 0 Å². The summed E-state index contributed by atoms with van der Waals surface area (Å²) in [6, 6.07) is 3.87. The van der Waals surface area contributed by atoms with Gasteiger partial charge in [-0.2, -0.15) is 5.10 Å². The summed E-state index contributed by atoms with van der Waals surface area (Å²) >= 11 is 1.54. The molecule has 1 saturated heterocycles. The van der Waals surface area contributed by atoms with E-state index in [1.807, 2.05) is 35.5 Å². The molecule has 4 heterocycles. The summed E-state index contributed by atoms with van der Waals surface area (Å²) in [4.78, 5) is 27.3. The summed E-state index contributed by atoms with van der Waals surface area (Å²) in [6.45, 7) is 1.54. The van der Waals surface area contributed by atoms with Crippen molar-refractivity contribution in [2.75, 3.05) is 18.4 Å². The van der Waals surface area contributed by atoms with E-state index in [1.54, 1.807) is 29.5 Å². The molecular weight excluding hydrogens is 386 g/mol. The standard InChI is InChI=1S/C20H23N7OS/c1-26-17(4-7-24-26)2-3-19(28)27-9-5-15(6-10-27)12-16-13-18(23-14-22-16)25-20-21-8-11-29-20/h2-4,7-8,11,13-15H,5-6,9-10,12H2,1H3,(H,21,22,23,25)/b3-2+. The van der Waals surface area contributed by atoms with Crippen LogP contribution in [0.5, 0.6) is 0 Å². The maximum absolute atomic E-state index is 12.4. The molecule has 0 aromatic carbocycles. The molecule has 8 nitrogen and oxygen atoms in total. The zero-order valence-electron chi connectivity index (χ0n) is 16.2. The number of aryl methyl sites for hydroxylation is 1. The lowest BCUT2D eigenvalue weighted by Gasteiger charge is -2.31. The number of likely N-dealkylation sites (tertiary alicyclic amines) is 1. The molecule has 0 radical (unpaired) electrons. The molecule has 9 heteroatoms. The molecule has 0 spiro atoms. The Bertz CT molecular complexity index is 974. The Morgan fingerprint density at radius 1 is 1.28 bits per heavy atom. The van der Waals surface area contributed by atoms with E-state index in [2.05, 4.69) is 25.4 Å². The molecule has 4 rings (SSSR count). The van der Waals surface area contributed by atoms with Crippen LogP contribution in [-0.2, 0) is 18.3 Å². The fourth-order valence-electron chi connectivity index (χ4n) is 3.44. The molecule has 1 fully saturated rings. The predicted molar refractivity (Wildman–Crippen MR) is 113 cm³/mol. The van der Waals surface area contributed by atoms with E-state index >= 15 is 0 Å². The topological polar surface area (TPSA) is 88.8 Å². The van der Waals surface area contributed by atoms with Crippen LogP contribution in [0.3, 0.4) is 0 Å². The van der Waals surface area contributed by atoms with Gasteiger partial charge in [0.25, 0.3) is 0 Å². The third-order valence-electron chi connectivity index (χ3n) is 5.07. The molecule has 0 saturated carbocycles. The maximum Gasteiger partial charge on any atom is 0.246 e. The number of amides is 1. The maximum atomic E-state index is 12.4. The van der Waals surface area contributed by atoms with Gasteiger partial charge in [0.1, 0.15) is 12.1 Å². The molecule has 0 atom stereocenters. The Morgan fingerprint density at radius 2 is 2.14 bits per heavy atom. The lowest BCUT2D eigenvalue weighted by Crippen LogP contribution is -2.38. The number of piperidine rings is 1. The number of aromatic nitrogens is 5. The van der Waals surface area contributed by atoms with Crippen LogP contribution >= 0.6 is 11.3 Å². The molecule has 29 heavy (non-hydrogen) atoms. The van der Waals surface area contributed by atoms with Crippen LogP contribution in [0.15, 0.2) is 42.3 Å². The Balaban J connectivity index is 1.28. The highest BCUT2D eigenvalue weighted by molar-refractivity contribution is 7.13. The number of hydrogen-bond acceptors (Lipinski definition) is 7. The summed E-state index contributed by atoms with van der Waals surface area (Å²) in [6.07, 6.45) is 11.4. The molecular formula is C20H23N7OS. The number of carbonyl (C=O) groups excluding carboxylic acids is 1. The van der Waals surface area contributed by atoms with Crippen LogP contribution in [-0.4, -0.2) is 48.6 Å². The molecule has 3 aromatic heterocycles. The first-order chi connectivity index (χ1) is 14.2. The summed E-state index contributed by atoms with van der Waals surface area (Å²) < 4.78 is 1.75. The lowest BCUT2D eigenvalue weighted by atomic mass is 9.92. The van der Waals surface area contributed by atoms with Crippen LogP contribution in [0.4, 0.5) is 10.9 Å². The number of thiazole rings is 1. The van der Waals surface area contributed by atoms with Crippen molar-refractivity contribution >= 4 is 34.3 Å². The van der Waals surface area contributed by atoms with Gasteiger partial charge in [0.2, 0.25) is 5.91 Å². The van der Waals surface area contributed by atoms with E-state index in [0.717, 1.165) is 54.7 Å². The SMILES string of the molecule is Cn1nccc1/C=C/C(=O)N1CCC(Cc2cc(Nc3nccs3)ncn2)CC1. The van der Waals surface area contributed by atoms with Gasteiger partial charge in [-0.3, -0.25) is 9.48 Å². The van der Waals surface area contributed by atoms with Gasteiger partial charge in [-0.05, 0) is 37.3 Å². The van der Waals surface area contributed by atoms with E-state index in [9.17, 15) is 4.79 Å². The van der Waals surface area contributed by atoms with Crippen LogP contribution < -0.4 is 5.32 Å². The zero-order chi connectivity index (χ0) is 20.1. The minimum atomic E-state index is 0.0571. The van der Waals surface area contributed by atoms with Crippen molar-refractivity contribution in [3.8, 4) is 0 Å². The minimum Gasteiger partial charge on any atom is -0.339 e. The van der Waals surface area contributed by atoms with Gasteiger partial charge < -0.3 is 10.2 Å². The highest BCUT2D eigenvalue weighted by atomic mass is 32.1. The molecule has 0 bridgehead atoms. The quantitative estimate of drug-likeness (QED) is 0.630. The largest absolute Gasteiger partial charge is 0.339 e. The summed E-state index contributed by atoms with van der Waals surface area (Å²) in [5.74, 6) is 1.34. The van der Waals surface area contributed by atoms with Crippen molar-refractivity contribution in [1.29, 1.82) is 0 Å². The average Bonchev–Trinajstić information content (AvgIpc) is 3.39. The first-order valence-corrected chi connectivity index (χ1v) is 10.5. The molecule has 1 amide bonds. The van der Waals surface area contributed by atoms with Crippen molar-refractivity contribution in [3.63, 3.8) is 0 Å². The second-order valence-electron chi connectivity index (χ2n) is 7.04. The van der Waals surface area contributed by atoms with Gasteiger partial charge in [0.05, 0.1) is 5.69 Å². The van der Waals surface area contributed by atoms with Crippen LogP contribution in [0.25, 0.3) is 6.08 Å². The first kappa shape index (κ1) is 19.3. The molecule has 150 valence electrons. The van der Waals surface area contributed by atoms with E-state index < -0.39 is 0 Å². The Kier molecular flexibility index (Phi) is 5.95. The molecule has 0 aliphatic carbocycles. The number of nitrogens with zero attached hydrogens (tertiary/aromatic N) is 6. The third kappa shape index (κ3) is 5.05. The predicted octanol–water partition coefficient (Wildman–Crippen LogP) is 2.90. The van der Waals surface area contributed by atoms with Crippen molar-refractivity contribution < 1.29 is 4.79 Å². The molecule has 1 aliphatic rings. The first-order valence-electron chi connectivity index (χ1n) is 9.60. The van der Waals surface area contributed by atoms with Crippen LogP contribution in [0, 0.1) is 5.92 Å². The van der Waals surface area contributed by atoms with Crippen LogP contribution in [0.1, 0.15) is 24.2 Å². The Labute approximate surface area is 173 Å². The van der Waals surface area contributed by atoms with E-state index in [-0.39, 0.29) is 5.91 Å². The van der Waals surface area contributed by atoms with E-state index in [0.29, 0.717) is 5.92 Å². The second kappa shape index (κ2) is 8.95. The number of nitrogens with one attached hydrogen (secondary N) is 1. The summed E-state index contributed by atoms with van der Waals surface area (Å²) in [5.41, 5.74) is 1.93. The normalized spacial score (nSPS) is 15.1. The van der Waals surface area contributed by atoms with E-state index in [1.165, 1.54) is 11.3 Å². The zero-order valence-corrected chi connectivity index (χ0v) is 17.0. The van der Waals surface area contributed by atoms with Gasteiger partial charge in [-0.15, -0.1) is 11.3 Å². The van der Waals surface area contributed by atoms with Crippen LogP contribution in [0.2, 0.25) is 0 Å². The average molecular weight is 410 g/mol. The molecule has 1 aliphatic heterocycles. The van der Waals surface area contributed by atoms with Crippen molar-refractivity contribution in [2.24, 2.45) is 13.0 Å². The summed E-state index contributed by atoms with van der Waals surface area (Å²) in [7, 11) is 1.86. The molecule has 3 aromatic rings. The highest BCUT2D eigenvalue weighted by Gasteiger charge is 2.22. The Hall–Kier alpha value is -3.07. The smallest absolute Gasteiger partial charge is 0.246 e. The number of rotatable bonds is 6. The van der Waals surface area contributed by atoms with Crippen molar-refractivity contribution in [3.05, 3.63) is 53.7 Å². The monoisotopic (exact) mass is 409 g/mol. The fourth-order valence-corrected chi connectivity index (χ4v) is 3.97. The third-order valence-corrected chi connectivity index (χ3v) is 5.76. The van der Waals surface area contributed by atoms with Crippen molar-refractivity contribution in [1.82, 2.24) is 29.6 Å². The van der Waals surface area contributed by atoms with Crippen molar-refractivity contribution in [2.45, 2.75) is 19.3 Å². The lowest BCUT2D eigenvalue weighted by molar-refractivity contribution is -0.127.